The maximum atomic E-state index is 8.11. The summed E-state index contributed by atoms with van der Waals surface area (Å²) in [6, 6.07) is 2.10. The first-order valence-corrected chi connectivity index (χ1v) is 4.70. The van der Waals surface area contributed by atoms with Crippen LogP contribution in [0.2, 0.25) is 0 Å². The maximum absolute atomic E-state index is 8.11. The molecule has 0 aliphatic carbocycles. The number of azide groups is 1. The minimum absolute atomic E-state index is 0.480. The van der Waals surface area contributed by atoms with Crippen molar-refractivity contribution < 1.29 is 0 Å². The Bertz CT molecular complexity index is 297. The Balaban J connectivity index is 2.70. The summed E-state index contributed by atoms with van der Waals surface area (Å²) in [5, 5.41) is 5.62. The first kappa shape index (κ1) is 9.10. The van der Waals surface area contributed by atoms with E-state index in [4.69, 9.17) is 5.53 Å². The van der Waals surface area contributed by atoms with Gasteiger partial charge in [-0.2, -0.15) is 0 Å². The third-order valence-corrected chi connectivity index (χ3v) is 2.57. The van der Waals surface area contributed by atoms with Gasteiger partial charge in [-0.3, -0.25) is 0 Å². The summed E-state index contributed by atoms with van der Waals surface area (Å²) in [5.41, 5.74) is 9.43. The van der Waals surface area contributed by atoms with Crippen LogP contribution in [-0.2, 0) is 6.54 Å². The molecule has 12 heavy (non-hydrogen) atoms. The number of thiophene rings is 1. The second-order valence-electron chi connectivity index (χ2n) is 2.89. The number of rotatable bonds is 3. The van der Waals surface area contributed by atoms with Gasteiger partial charge in [-0.25, -0.2) is 0 Å². The summed E-state index contributed by atoms with van der Waals surface area (Å²) in [7, 11) is 0. The van der Waals surface area contributed by atoms with Crippen LogP contribution < -0.4 is 0 Å². The van der Waals surface area contributed by atoms with Gasteiger partial charge in [-0.1, -0.05) is 19.0 Å². The molecule has 0 aliphatic rings. The van der Waals surface area contributed by atoms with Crippen LogP contribution in [0, 0.1) is 0 Å². The van der Waals surface area contributed by atoms with Crippen molar-refractivity contribution in [3.8, 4) is 0 Å². The van der Waals surface area contributed by atoms with Crippen molar-refractivity contribution >= 4 is 11.3 Å². The largest absolute Gasteiger partial charge is 0.149 e. The van der Waals surface area contributed by atoms with Crippen molar-refractivity contribution in [3.63, 3.8) is 0 Å². The van der Waals surface area contributed by atoms with Crippen molar-refractivity contribution in [2.24, 2.45) is 5.11 Å². The van der Waals surface area contributed by atoms with E-state index in [0.29, 0.717) is 12.5 Å². The van der Waals surface area contributed by atoms with E-state index < -0.39 is 0 Å². The summed E-state index contributed by atoms with van der Waals surface area (Å²) < 4.78 is 0. The predicted molar refractivity (Wildman–Crippen MR) is 51.3 cm³/mol. The fourth-order valence-corrected chi connectivity index (χ4v) is 1.85. The normalized spacial score (nSPS) is 9.92. The molecule has 0 bridgehead atoms. The Kier molecular flexibility index (Phi) is 3.14. The Hall–Kier alpha value is -0.990. The molecule has 0 fully saturated rings. The van der Waals surface area contributed by atoms with E-state index in [2.05, 4.69) is 35.3 Å². The van der Waals surface area contributed by atoms with Gasteiger partial charge >= 0.3 is 0 Å². The van der Waals surface area contributed by atoms with E-state index in [9.17, 15) is 0 Å². The van der Waals surface area contributed by atoms with E-state index in [1.807, 2.05) is 0 Å². The summed E-state index contributed by atoms with van der Waals surface area (Å²) in [6.07, 6.45) is 0. The van der Waals surface area contributed by atoms with Crippen LogP contribution >= 0.6 is 11.3 Å². The Morgan fingerprint density at radius 1 is 1.67 bits per heavy atom. The van der Waals surface area contributed by atoms with Crippen LogP contribution in [0.15, 0.2) is 16.6 Å². The molecule has 0 spiro atoms. The summed E-state index contributed by atoms with van der Waals surface area (Å²) >= 11 is 1.65. The van der Waals surface area contributed by atoms with Gasteiger partial charge in [0, 0.05) is 9.79 Å². The molecular formula is C8H11N3S. The molecule has 0 saturated carbocycles. The van der Waals surface area contributed by atoms with Gasteiger partial charge in [-0.15, -0.1) is 11.3 Å². The van der Waals surface area contributed by atoms with Crippen LogP contribution in [0.25, 0.3) is 10.4 Å². The van der Waals surface area contributed by atoms with Gasteiger partial charge in [0.15, 0.2) is 0 Å². The van der Waals surface area contributed by atoms with Crippen LogP contribution in [0.1, 0.15) is 30.2 Å². The standard InChI is InChI=1S/C8H11N3S/c1-6(2)7-3-8(12-5-7)4-10-11-9/h3,5-6H,4H2,1-2H3. The summed E-state index contributed by atoms with van der Waals surface area (Å²) in [6.45, 7) is 4.78. The molecule has 0 amide bonds. The highest BCUT2D eigenvalue weighted by atomic mass is 32.1. The Morgan fingerprint density at radius 3 is 2.92 bits per heavy atom. The molecule has 0 unspecified atom stereocenters. The van der Waals surface area contributed by atoms with Crippen molar-refractivity contribution in [3.05, 3.63) is 32.3 Å². The van der Waals surface area contributed by atoms with Gasteiger partial charge in [0.25, 0.3) is 0 Å². The number of hydrogen-bond acceptors (Lipinski definition) is 2. The fourth-order valence-electron chi connectivity index (χ4n) is 0.885. The highest BCUT2D eigenvalue weighted by Crippen LogP contribution is 2.22. The molecule has 0 atom stereocenters. The summed E-state index contributed by atoms with van der Waals surface area (Å²) in [4.78, 5) is 3.85. The Labute approximate surface area is 75.7 Å². The average Bonchev–Trinajstić information content (AvgIpc) is 2.48. The number of hydrogen-bond donors (Lipinski definition) is 0. The van der Waals surface area contributed by atoms with E-state index >= 15 is 0 Å². The first-order valence-electron chi connectivity index (χ1n) is 3.82. The van der Waals surface area contributed by atoms with Crippen LogP contribution in [0.3, 0.4) is 0 Å². The van der Waals surface area contributed by atoms with E-state index in [1.54, 1.807) is 11.3 Å². The minimum Gasteiger partial charge on any atom is -0.149 e. The van der Waals surface area contributed by atoms with Gasteiger partial charge < -0.3 is 0 Å². The third-order valence-electron chi connectivity index (χ3n) is 1.63. The molecule has 0 N–H and O–H groups in total. The van der Waals surface area contributed by atoms with E-state index in [1.165, 1.54) is 5.56 Å². The zero-order valence-electron chi connectivity index (χ0n) is 7.19. The summed E-state index contributed by atoms with van der Waals surface area (Å²) in [5.74, 6) is 0.557. The van der Waals surface area contributed by atoms with Crippen molar-refractivity contribution in [1.82, 2.24) is 0 Å². The highest BCUT2D eigenvalue weighted by Gasteiger charge is 2.01. The topological polar surface area (TPSA) is 48.8 Å². The average molecular weight is 181 g/mol. The minimum atomic E-state index is 0.480. The van der Waals surface area contributed by atoms with Crippen molar-refractivity contribution in [2.75, 3.05) is 0 Å². The predicted octanol–water partition coefficient (Wildman–Crippen LogP) is 3.68. The number of nitrogens with zero attached hydrogens (tertiary/aromatic N) is 3. The van der Waals surface area contributed by atoms with Crippen LogP contribution in [0.4, 0.5) is 0 Å². The van der Waals surface area contributed by atoms with Gasteiger partial charge in [0.2, 0.25) is 0 Å². The van der Waals surface area contributed by atoms with E-state index in [-0.39, 0.29) is 0 Å². The van der Waals surface area contributed by atoms with Crippen LogP contribution in [0.5, 0.6) is 0 Å². The zero-order chi connectivity index (χ0) is 8.97. The highest BCUT2D eigenvalue weighted by molar-refractivity contribution is 7.10. The molecule has 64 valence electrons. The van der Waals surface area contributed by atoms with Crippen LogP contribution in [-0.4, -0.2) is 0 Å². The molecule has 1 rings (SSSR count). The second-order valence-corrected chi connectivity index (χ2v) is 3.89. The molecule has 1 aromatic rings. The molecular weight excluding hydrogens is 170 g/mol. The van der Waals surface area contributed by atoms with Crippen molar-refractivity contribution in [1.29, 1.82) is 0 Å². The fraction of sp³-hybridized carbons (Fsp3) is 0.500. The molecule has 0 aliphatic heterocycles. The van der Waals surface area contributed by atoms with Gasteiger partial charge in [0.05, 0.1) is 6.54 Å². The lowest BCUT2D eigenvalue weighted by atomic mass is 10.1. The third kappa shape index (κ3) is 2.26. The molecule has 0 aromatic carbocycles. The maximum Gasteiger partial charge on any atom is 0.0605 e. The zero-order valence-corrected chi connectivity index (χ0v) is 8.01. The van der Waals surface area contributed by atoms with Gasteiger partial charge in [0.1, 0.15) is 0 Å². The molecule has 1 heterocycles. The van der Waals surface area contributed by atoms with Crippen molar-refractivity contribution in [2.45, 2.75) is 26.3 Å². The first-order chi connectivity index (χ1) is 5.74. The molecule has 3 nitrogen and oxygen atoms in total. The lowest BCUT2D eigenvalue weighted by molar-refractivity contribution is 0.870. The lowest BCUT2D eigenvalue weighted by Crippen LogP contribution is -1.81. The SMILES string of the molecule is CC(C)c1csc(CN=[N+]=[N-])c1. The molecule has 0 saturated heterocycles. The Morgan fingerprint density at radius 2 is 2.42 bits per heavy atom. The smallest absolute Gasteiger partial charge is 0.0605 e. The second kappa shape index (κ2) is 4.14. The molecule has 0 radical (unpaired) electrons. The molecule has 1 aromatic heterocycles. The van der Waals surface area contributed by atoms with E-state index in [0.717, 1.165) is 4.88 Å². The lowest BCUT2D eigenvalue weighted by Gasteiger charge is -1.97. The van der Waals surface area contributed by atoms with Gasteiger partial charge in [-0.05, 0) is 28.5 Å². The monoisotopic (exact) mass is 181 g/mol. The quantitative estimate of drug-likeness (QED) is 0.388. The molecule has 4 heteroatoms.